The van der Waals surface area contributed by atoms with Gasteiger partial charge in [0.15, 0.2) is 0 Å². The van der Waals surface area contributed by atoms with Crippen LogP contribution in [0.25, 0.3) is 0 Å². The fraction of sp³-hybridized carbons (Fsp3) is 0.467. The maximum Gasteiger partial charge on any atom is 0.260 e. The van der Waals surface area contributed by atoms with Gasteiger partial charge in [-0.05, 0) is 33.6 Å². The Kier molecular flexibility index (Phi) is 3.79. The highest BCUT2D eigenvalue weighted by atomic mass is 16.5. The molecule has 0 spiro atoms. The van der Waals surface area contributed by atoms with Crippen molar-refractivity contribution in [2.24, 2.45) is 0 Å². The van der Waals surface area contributed by atoms with Crippen molar-refractivity contribution in [2.75, 3.05) is 23.3 Å². The van der Waals surface area contributed by atoms with Gasteiger partial charge in [-0.25, -0.2) is 9.97 Å². The quantitative estimate of drug-likeness (QED) is 0.936. The molecule has 0 atom stereocenters. The number of hydrogen-bond donors (Lipinski definition) is 1. The van der Waals surface area contributed by atoms with Gasteiger partial charge in [0.2, 0.25) is 5.95 Å². The van der Waals surface area contributed by atoms with Crippen molar-refractivity contribution in [1.29, 1.82) is 0 Å². The average Bonchev–Trinajstić information content (AvgIpc) is 3.13. The molecule has 1 amide bonds. The predicted molar refractivity (Wildman–Crippen MR) is 82.1 cm³/mol. The van der Waals surface area contributed by atoms with E-state index in [9.17, 15) is 4.79 Å². The molecular weight excluding hydrogens is 282 g/mol. The summed E-state index contributed by atoms with van der Waals surface area (Å²) in [6.07, 6.45) is 3.76. The lowest BCUT2D eigenvalue weighted by molar-refractivity contribution is 0.102. The van der Waals surface area contributed by atoms with Crippen molar-refractivity contribution in [2.45, 2.75) is 33.6 Å². The molecule has 22 heavy (non-hydrogen) atoms. The molecule has 0 unspecified atom stereocenters. The third-order valence-corrected chi connectivity index (χ3v) is 3.88. The highest BCUT2D eigenvalue weighted by molar-refractivity contribution is 6.05. The lowest BCUT2D eigenvalue weighted by Crippen LogP contribution is -2.22. The number of carbonyl (C=O) groups is 1. The van der Waals surface area contributed by atoms with E-state index in [0.717, 1.165) is 30.4 Å². The molecule has 0 aromatic carbocycles. The van der Waals surface area contributed by atoms with Crippen molar-refractivity contribution in [3.63, 3.8) is 0 Å². The van der Waals surface area contributed by atoms with Crippen LogP contribution in [-0.4, -0.2) is 34.1 Å². The number of rotatable bonds is 3. The van der Waals surface area contributed by atoms with E-state index in [1.165, 1.54) is 19.0 Å². The molecule has 0 saturated carbocycles. The monoisotopic (exact) mass is 301 g/mol. The number of aryl methyl sites for hydroxylation is 3. The second-order valence-corrected chi connectivity index (χ2v) is 5.51. The second-order valence-electron chi connectivity index (χ2n) is 5.51. The summed E-state index contributed by atoms with van der Waals surface area (Å²) in [7, 11) is 0. The van der Waals surface area contributed by atoms with Crippen LogP contribution in [0, 0.1) is 20.8 Å². The number of nitrogens with zero attached hydrogens (tertiary/aromatic N) is 4. The molecule has 0 bridgehead atoms. The van der Waals surface area contributed by atoms with Crippen LogP contribution in [0.15, 0.2) is 10.7 Å². The molecule has 116 valence electrons. The third-order valence-electron chi connectivity index (χ3n) is 3.88. The molecular formula is C15H19N5O2. The van der Waals surface area contributed by atoms with E-state index in [0.29, 0.717) is 17.0 Å². The number of hydrogen-bond acceptors (Lipinski definition) is 6. The van der Waals surface area contributed by atoms with E-state index in [4.69, 9.17) is 4.52 Å². The van der Waals surface area contributed by atoms with Crippen LogP contribution in [0.5, 0.6) is 0 Å². The lowest BCUT2D eigenvalue weighted by Gasteiger charge is -2.18. The number of amides is 1. The summed E-state index contributed by atoms with van der Waals surface area (Å²) < 4.78 is 4.92. The molecule has 2 aromatic rings. The molecule has 0 aliphatic carbocycles. The molecule has 3 rings (SSSR count). The number of aromatic nitrogens is 3. The van der Waals surface area contributed by atoms with Crippen molar-refractivity contribution < 1.29 is 9.32 Å². The average molecular weight is 301 g/mol. The Labute approximate surface area is 128 Å². The van der Waals surface area contributed by atoms with Crippen LogP contribution in [0.4, 0.5) is 11.6 Å². The summed E-state index contributed by atoms with van der Waals surface area (Å²) >= 11 is 0. The molecule has 7 heteroatoms. The topological polar surface area (TPSA) is 84.2 Å². The van der Waals surface area contributed by atoms with Gasteiger partial charge in [-0.2, -0.15) is 0 Å². The zero-order valence-corrected chi connectivity index (χ0v) is 13.0. The first-order valence-electron chi connectivity index (χ1n) is 7.39. The lowest BCUT2D eigenvalue weighted by atomic mass is 10.2. The van der Waals surface area contributed by atoms with E-state index < -0.39 is 0 Å². The fourth-order valence-electron chi connectivity index (χ4n) is 2.64. The van der Waals surface area contributed by atoms with Crippen molar-refractivity contribution in [3.8, 4) is 0 Å². The predicted octanol–water partition coefficient (Wildman–Crippen LogP) is 2.24. The minimum Gasteiger partial charge on any atom is -0.361 e. The highest BCUT2D eigenvalue weighted by Crippen LogP contribution is 2.23. The van der Waals surface area contributed by atoms with Crippen molar-refractivity contribution in [1.82, 2.24) is 15.1 Å². The molecule has 1 N–H and O–H groups in total. The van der Waals surface area contributed by atoms with Crippen LogP contribution in [0.1, 0.15) is 40.3 Å². The SMILES string of the molecule is Cc1nc(N2CCCC2)nc(C)c1NC(=O)c1cnoc1C. The Morgan fingerprint density at radius 3 is 2.36 bits per heavy atom. The Morgan fingerprint density at radius 2 is 1.82 bits per heavy atom. The molecule has 1 aliphatic heterocycles. The number of anilines is 2. The van der Waals surface area contributed by atoms with Gasteiger partial charge in [0.05, 0.1) is 23.3 Å². The minimum atomic E-state index is -0.262. The molecule has 7 nitrogen and oxygen atoms in total. The molecule has 1 fully saturated rings. The zero-order valence-electron chi connectivity index (χ0n) is 13.0. The van der Waals surface area contributed by atoms with Crippen LogP contribution >= 0.6 is 0 Å². The number of carbonyl (C=O) groups excluding carboxylic acids is 1. The van der Waals surface area contributed by atoms with Gasteiger partial charge < -0.3 is 14.7 Å². The van der Waals surface area contributed by atoms with Gasteiger partial charge in [-0.15, -0.1) is 0 Å². The van der Waals surface area contributed by atoms with Crippen molar-refractivity contribution in [3.05, 3.63) is 28.9 Å². The normalized spacial score (nSPS) is 14.4. The highest BCUT2D eigenvalue weighted by Gasteiger charge is 2.20. The minimum absolute atomic E-state index is 0.262. The fourth-order valence-corrected chi connectivity index (χ4v) is 2.64. The van der Waals surface area contributed by atoms with Gasteiger partial charge >= 0.3 is 0 Å². The van der Waals surface area contributed by atoms with Crippen LogP contribution in [-0.2, 0) is 0 Å². The first-order valence-corrected chi connectivity index (χ1v) is 7.39. The molecule has 1 aliphatic rings. The van der Waals surface area contributed by atoms with Gasteiger partial charge in [-0.3, -0.25) is 4.79 Å². The Morgan fingerprint density at radius 1 is 1.18 bits per heavy atom. The van der Waals surface area contributed by atoms with E-state index in [1.54, 1.807) is 6.92 Å². The molecule has 1 saturated heterocycles. The number of nitrogens with one attached hydrogen (secondary N) is 1. The summed E-state index contributed by atoms with van der Waals surface area (Å²) in [5.74, 6) is 0.969. The summed E-state index contributed by atoms with van der Waals surface area (Å²) in [5, 5.41) is 6.48. The third kappa shape index (κ3) is 2.66. The maximum absolute atomic E-state index is 12.3. The van der Waals surface area contributed by atoms with Gasteiger partial charge in [0.1, 0.15) is 11.3 Å². The second kappa shape index (κ2) is 5.75. The summed E-state index contributed by atoms with van der Waals surface area (Å²) in [4.78, 5) is 23.5. The first kappa shape index (κ1) is 14.5. The molecule has 2 aromatic heterocycles. The largest absolute Gasteiger partial charge is 0.361 e. The van der Waals surface area contributed by atoms with Crippen LogP contribution < -0.4 is 10.2 Å². The molecule has 3 heterocycles. The van der Waals surface area contributed by atoms with E-state index >= 15 is 0 Å². The van der Waals surface area contributed by atoms with E-state index in [-0.39, 0.29) is 5.91 Å². The van der Waals surface area contributed by atoms with Gasteiger partial charge in [0, 0.05) is 13.1 Å². The maximum atomic E-state index is 12.3. The first-order chi connectivity index (χ1) is 10.6. The van der Waals surface area contributed by atoms with E-state index in [2.05, 4.69) is 25.3 Å². The van der Waals surface area contributed by atoms with Crippen LogP contribution in [0.3, 0.4) is 0 Å². The zero-order chi connectivity index (χ0) is 15.7. The summed E-state index contributed by atoms with van der Waals surface area (Å²) in [6.45, 7) is 7.44. The van der Waals surface area contributed by atoms with Crippen molar-refractivity contribution >= 4 is 17.5 Å². The van der Waals surface area contributed by atoms with E-state index in [1.807, 2.05) is 13.8 Å². The van der Waals surface area contributed by atoms with Gasteiger partial charge in [0.25, 0.3) is 5.91 Å². The standard InChI is InChI=1S/C15H19N5O2/c1-9-13(19-14(21)12-8-16-22-11(12)3)10(2)18-15(17-9)20-6-4-5-7-20/h8H,4-7H2,1-3H3,(H,19,21). The summed E-state index contributed by atoms with van der Waals surface area (Å²) in [6, 6.07) is 0. The smallest absolute Gasteiger partial charge is 0.260 e. The van der Waals surface area contributed by atoms with Gasteiger partial charge in [-0.1, -0.05) is 5.16 Å². The Hall–Kier alpha value is -2.44. The molecule has 0 radical (unpaired) electrons. The Balaban J connectivity index is 1.85. The summed E-state index contributed by atoms with van der Waals surface area (Å²) in [5.41, 5.74) is 2.59. The van der Waals surface area contributed by atoms with Crippen LogP contribution in [0.2, 0.25) is 0 Å². The Bertz CT molecular complexity index is 681.